The van der Waals surface area contributed by atoms with Gasteiger partial charge in [0.1, 0.15) is 10.4 Å². The molecule has 6 heteroatoms. The Kier molecular flexibility index (Phi) is 15.0. The maximum Gasteiger partial charge on any atom is 0.127 e. The van der Waals surface area contributed by atoms with Crippen molar-refractivity contribution in [1.29, 1.82) is 0 Å². The largest absolute Gasteiger partial charge is 0.512 e. The second-order valence-corrected chi connectivity index (χ2v) is 8.95. The molecule has 0 radical (unpaired) electrons. The van der Waals surface area contributed by atoms with E-state index in [4.69, 9.17) is 17.0 Å². The van der Waals surface area contributed by atoms with Crippen LogP contribution in [0.3, 0.4) is 0 Å². The topological polar surface area (TPSA) is 64.3 Å². The molecule has 0 fully saturated rings. The summed E-state index contributed by atoms with van der Waals surface area (Å²) in [5, 5.41) is 16.1. The first-order chi connectivity index (χ1) is 15.5. The Labute approximate surface area is 206 Å². The average Bonchev–Trinajstić information content (AvgIpc) is 3.12. The quantitative estimate of drug-likeness (QED) is 0.173. The first-order valence-corrected chi connectivity index (χ1v) is 12.1. The van der Waals surface area contributed by atoms with Crippen molar-refractivity contribution in [2.24, 2.45) is 5.92 Å². The van der Waals surface area contributed by atoms with Crippen molar-refractivity contribution in [2.75, 3.05) is 13.7 Å². The summed E-state index contributed by atoms with van der Waals surface area (Å²) in [6.45, 7) is 21.6. The Balaban J connectivity index is 0.000000728. The van der Waals surface area contributed by atoms with Crippen molar-refractivity contribution >= 4 is 17.8 Å². The molecule has 1 rings (SSSR count). The molecule has 0 aromatic carbocycles. The number of methoxy groups -OCH3 is 1. The number of aliphatic hydroxyl groups is 1. The maximum absolute atomic E-state index is 10.1. The van der Waals surface area contributed by atoms with Crippen LogP contribution in [0.4, 0.5) is 0 Å². The normalized spacial score (nSPS) is 13.2. The Morgan fingerprint density at radius 3 is 2.27 bits per heavy atom. The molecule has 33 heavy (non-hydrogen) atoms. The van der Waals surface area contributed by atoms with Crippen molar-refractivity contribution in [3.8, 4) is 0 Å². The highest BCUT2D eigenvalue weighted by Crippen LogP contribution is 2.20. The summed E-state index contributed by atoms with van der Waals surface area (Å²) in [6, 6.07) is 0.551. The van der Waals surface area contributed by atoms with Gasteiger partial charge in [-0.1, -0.05) is 57.8 Å². The Morgan fingerprint density at radius 1 is 1.18 bits per heavy atom. The van der Waals surface area contributed by atoms with Gasteiger partial charge < -0.3 is 19.8 Å². The molecule has 0 unspecified atom stereocenters. The fourth-order valence-electron chi connectivity index (χ4n) is 3.03. The number of rotatable bonds is 11. The summed E-state index contributed by atoms with van der Waals surface area (Å²) in [6.07, 6.45) is 11.1. The predicted octanol–water partition coefficient (Wildman–Crippen LogP) is 7.86. The van der Waals surface area contributed by atoms with Crippen molar-refractivity contribution < 1.29 is 9.84 Å². The lowest BCUT2D eigenvalue weighted by molar-refractivity contribution is 0.254. The van der Waals surface area contributed by atoms with Gasteiger partial charge >= 0.3 is 0 Å². The van der Waals surface area contributed by atoms with Crippen LogP contribution < -0.4 is 0 Å². The molecule has 0 atom stereocenters. The minimum atomic E-state index is 0.283. The number of aliphatic hydroxyl groups excluding tert-OH is 1. The molecule has 1 aromatic heterocycles. The SMILES string of the molecule is C=C/C(=C\C=C(\O)Cc1[nH][nH]c(=S)c1/C(C)=C/C)C(C)C.CCCN(/C=C(/C)OC)C(C)C. The Morgan fingerprint density at radius 2 is 1.82 bits per heavy atom. The Hall–Kier alpha value is -2.47. The standard InChI is InChI=1S/C17H24N2OS.C10H21NO/c1-6-12(5)16-15(18-19-17(16)21)10-14(20)9-8-13(7-2)11(3)4;1-6-7-11(9(2)3)8-10(4)12-5/h6-9,11,20H,2,10H2,1,3-5H3,(H2,18,19,21);8-9H,6-7H2,1-5H3/b12-6+,13-8+,14-9+;10-8-. The van der Waals surface area contributed by atoms with E-state index in [0.29, 0.717) is 23.0 Å². The number of hydrogen-bond donors (Lipinski definition) is 3. The highest BCUT2D eigenvalue weighted by molar-refractivity contribution is 7.71. The van der Waals surface area contributed by atoms with Crippen molar-refractivity contribution in [2.45, 2.75) is 74.3 Å². The molecule has 5 nitrogen and oxygen atoms in total. The lowest BCUT2D eigenvalue weighted by Crippen LogP contribution is -2.26. The van der Waals surface area contributed by atoms with E-state index in [1.165, 1.54) is 6.42 Å². The van der Waals surface area contributed by atoms with E-state index in [-0.39, 0.29) is 5.76 Å². The lowest BCUT2D eigenvalue weighted by atomic mass is 10.0. The molecule has 1 heterocycles. The average molecular weight is 476 g/mol. The third-order valence-electron chi connectivity index (χ3n) is 5.23. The first kappa shape index (κ1) is 30.5. The number of ether oxygens (including phenoxy) is 1. The van der Waals surface area contributed by atoms with Gasteiger partial charge in [0.15, 0.2) is 0 Å². The van der Waals surface area contributed by atoms with Gasteiger partial charge in [0.05, 0.1) is 12.9 Å². The number of H-pyrrole nitrogens is 2. The zero-order chi connectivity index (χ0) is 25.6. The fraction of sp³-hybridized carbons (Fsp3) is 0.519. The van der Waals surface area contributed by atoms with Gasteiger partial charge in [0, 0.05) is 36.5 Å². The third kappa shape index (κ3) is 11.3. The van der Waals surface area contributed by atoms with Crippen LogP contribution in [0.25, 0.3) is 5.57 Å². The number of aromatic amines is 2. The molecular weight excluding hydrogens is 430 g/mol. The molecule has 1 aromatic rings. The summed E-state index contributed by atoms with van der Waals surface area (Å²) < 4.78 is 5.76. The van der Waals surface area contributed by atoms with Gasteiger partial charge in [0.2, 0.25) is 0 Å². The molecule has 0 saturated heterocycles. The van der Waals surface area contributed by atoms with Crippen LogP contribution in [0.5, 0.6) is 0 Å². The van der Waals surface area contributed by atoms with Gasteiger partial charge in [-0.2, -0.15) is 0 Å². The molecule has 0 saturated carbocycles. The third-order valence-corrected chi connectivity index (χ3v) is 5.53. The summed E-state index contributed by atoms with van der Waals surface area (Å²) in [5.74, 6) is 1.63. The summed E-state index contributed by atoms with van der Waals surface area (Å²) in [4.78, 5) is 2.29. The van der Waals surface area contributed by atoms with Crippen LogP contribution in [0.1, 0.15) is 73.1 Å². The number of allylic oxidation sites excluding steroid dienone is 8. The number of nitrogens with one attached hydrogen (secondary N) is 2. The van der Waals surface area contributed by atoms with Gasteiger partial charge in [-0.15, -0.1) is 0 Å². The molecule has 0 spiro atoms. The van der Waals surface area contributed by atoms with Gasteiger partial charge in [-0.3, -0.25) is 5.10 Å². The van der Waals surface area contributed by atoms with Gasteiger partial charge in [-0.25, -0.2) is 0 Å². The Bertz CT molecular complexity index is 899. The molecular formula is C27H45N3O2S. The summed E-state index contributed by atoms with van der Waals surface area (Å²) in [7, 11) is 1.70. The van der Waals surface area contributed by atoms with E-state index in [1.54, 1.807) is 13.2 Å². The second kappa shape index (κ2) is 16.2. The van der Waals surface area contributed by atoms with E-state index < -0.39 is 0 Å². The van der Waals surface area contributed by atoms with Crippen molar-refractivity contribution in [3.63, 3.8) is 0 Å². The van der Waals surface area contributed by atoms with E-state index >= 15 is 0 Å². The zero-order valence-electron chi connectivity index (χ0n) is 22.1. The number of aromatic nitrogens is 2. The minimum Gasteiger partial charge on any atom is -0.512 e. The monoisotopic (exact) mass is 475 g/mol. The van der Waals surface area contributed by atoms with E-state index in [1.807, 2.05) is 39.0 Å². The van der Waals surface area contributed by atoms with Gasteiger partial charge in [0.25, 0.3) is 0 Å². The zero-order valence-corrected chi connectivity index (χ0v) is 22.9. The van der Waals surface area contributed by atoms with Crippen LogP contribution in [-0.4, -0.2) is 39.9 Å². The van der Waals surface area contributed by atoms with E-state index in [9.17, 15) is 5.11 Å². The van der Waals surface area contributed by atoms with E-state index in [2.05, 4.69) is 62.5 Å². The van der Waals surface area contributed by atoms with Crippen LogP contribution in [-0.2, 0) is 11.2 Å². The fourth-order valence-corrected chi connectivity index (χ4v) is 3.37. The second-order valence-electron chi connectivity index (χ2n) is 8.54. The maximum atomic E-state index is 10.1. The van der Waals surface area contributed by atoms with E-state index in [0.717, 1.165) is 34.7 Å². The molecule has 3 N–H and O–H groups in total. The summed E-state index contributed by atoms with van der Waals surface area (Å²) >= 11 is 5.27. The molecule has 0 aliphatic carbocycles. The van der Waals surface area contributed by atoms with Crippen LogP contribution in [0.15, 0.2) is 54.2 Å². The predicted molar refractivity (Wildman–Crippen MR) is 146 cm³/mol. The van der Waals surface area contributed by atoms with Crippen LogP contribution >= 0.6 is 12.2 Å². The molecule has 186 valence electrons. The van der Waals surface area contributed by atoms with Gasteiger partial charge in [-0.05, 0) is 64.2 Å². The number of hydrogen-bond acceptors (Lipinski definition) is 4. The van der Waals surface area contributed by atoms with Crippen LogP contribution in [0.2, 0.25) is 0 Å². The molecule has 0 amide bonds. The van der Waals surface area contributed by atoms with Crippen molar-refractivity contribution in [1.82, 2.24) is 15.1 Å². The highest BCUT2D eigenvalue weighted by Gasteiger charge is 2.10. The molecule has 0 aliphatic rings. The van der Waals surface area contributed by atoms with Crippen LogP contribution in [0, 0.1) is 10.6 Å². The minimum absolute atomic E-state index is 0.283. The lowest BCUT2D eigenvalue weighted by Gasteiger charge is -2.24. The number of nitrogens with zero attached hydrogens (tertiary/aromatic N) is 1. The smallest absolute Gasteiger partial charge is 0.127 e. The molecule has 0 bridgehead atoms. The summed E-state index contributed by atoms with van der Waals surface area (Å²) in [5.41, 5.74) is 4.03. The first-order valence-electron chi connectivity index (χ1n) is 11.6. The molecule has 0 aliphatic heterocycles. The highest BCUT2D eigenvalue weighted by atomic mass is 32.1. The van der Waals surface area contributed by atoms with Crippen molar-refractivity contribution in [3.05, 3.63) is 70.1 Å².